The summed E-state index contributed by atoms with van der Waals surface area (Å²) in [6, 6.07) is 142. The first kappa shape index (κ1) is 89.2. The Morgan fingerprint density at radius 1 is 0.208 bits per heavy atom. The molecule has 0 spiro atoms. The minimum atomic E-state index is -0.301. The van der Waals surface area contributed by atoms with E-state index in [1.165, 1.54) is 0 Å². The molecule has 0 unspecified atom stereocenters. The van der Waals surface area contributed by atoms with Gasteiger partial charge in [-0.25, -0.2) is 42.2 Å². The molecule has 28 bridgehead atoms. The molecule has 9 aromatic heterocycles. The number of nitrogens with zero attached hydrogens (tertiary/aromatic N) is 10. The third kappa shape index (κ3) is 17.0. The third-order valence-electron chi connectivity index (χ3n) is 24.9. The molecule has 10 nitrogen and oxygen atoms in total. The number of benzene rings is 12. The summed E-state index contributed by atoms with van der Waals surface area (Å²) in [7, 11) is 0. The minimum Gasteiger partial charge on any atom is -0.658 e. The Morgan fingerprint density at radius 3 is 1.05 bits per heavy atom. The number of fused-ring (bicyclic) bond motifs is 37. The summed E-state index contributed by atoms with van der Waals surface area (Å²) in [4.78, 5) is 40.4. The zero-order valence-corrected chi connectivity index (χ0v) is 81.3. The van der Waals surface area contributed by atoms with E-state index >= 15 is 0 Å². The number of hydrogen-bond acceptors (Lipinski definition) is 8. The summed E-state index contributed by atoms with van der Waals surface area (Å²) in [5, 5.41) is 20.6. The fourth-order valence-corrected chi connectivity index (χ4v) is 17.4. The average Bonchev–Trinajstić information content (AvgIpc) is 0.745. The topological polar surface area (TPSA) is 131 Å². The van der Waals surface area contributed by atoms with Gasteiger partial charge in [0.25, 0.3) is 0 Å². The van der Waals surface area contributed by atoms with E-state index in [0.717, 1.165) is 222 Å². The van der Waals surface area contributed by atoms with Crippen molar-refractivity contribution in [2.75, 3.05) is 0 Å². The van der Waals surface area contributed by atoms with Gasteiger partial charge >= 0.3 is 84.3 Å². The molecule has 12 aromatic carbocycles. The van der Waals surface area contributed by atoms with Crippen LogP contribution in [0.3, 0.4) is 0 Å². The molecule has 0 atom stereocenters. The van der Waals surface area contributed by atoms with Crippen LogP contribution in [0.5, 0.6) is 0 Å². The molecule has 0 radical (unpaired) electrons. The summed E-state index contributed by atoms with van der Waals surface area (Å²) in [6.07, 6.45) is 0. The van der Waals surface area contributed by atoms with Crippen LogP contribution in [0.4, 0.5) is 22.7 Å². The summed E-state index contributed by atoms with van der Waals surface area (Å²) >= 11 is 0. The van der Waals surface area contributed by atoms with Crippen molar-refractivity contribution < 1.29 is 84.3 Å². The van der Waals surface area contributed by atoms with Crippen LogP contribution in [0.1, 0.15) is 100 Å². The van der Waals surface area contributed by atoms with Crippen LogP contribution < -0.4 is 0 Å². The second-order valence-electron chi connectivity index (χ2n) is 34.5. The van der Waals surface area contributed by atoms with E-state index in [1.54, 1.807) is 0 Å². The molecular weight excluding hydrogens is 2310 g/mol. The molecule has 0 aliphatic carbocycles. The van der Waals surface area contributed by atoms with Crippen LogP contribution in [-0.2, 0) is 106 Å². The zero-order valence-electron chi connectivity index (χ0n) is 72.2. The van der Waals surface area contributed by atoms with Crippen LogP contribution in [-0.4, -0.2) is 39.9 Å². The van der Waals surface area contributed by atoms with Crippen LogP contribution in [0.15, 0.2) is 352 Å². The van der Waals surface area contributed by atoms with E-state index in [9.17, 15) is 0 Å². The summed E-state index contributed by atoms with van der Waals surface area (Å²) in [5.74, 6) is 0. The Bertz CT molecular complexity index is 7420. The molecule has 14 heteroatoms. The Balaban J connectivity index is 0.000000120. The molecule has 24 rings (SSSR count). The van der Waals surface area contributed by atoms with Gasteiger partial charge < -0.3 is 10.6 Å². The maximum Gasteiger partial charge on any atom is 2.00 e. The Kier molecular flexibility index (Phi) is 25.1. The number of para-hydroxylation sites is 5. The first-order chi connectivity index (χ1) is 61.4. The SMILES string of the molecule is CC1(C)c2[c-]c(ccc2)-c2[c-]c(ccc2)C(C)(C)c2ccc3ccc4ccc1nc4c3n2.CC1(C)c2[c-]c(ccc2)-c2[c-]c(ccc2)C(C)(C)c2cccc(n2)-c2cccc1n2.[Pt+2].[Pt+2].[Pt+2].[Pt+2].[c-]1c2cccc1c1cccc3ccc(nc31)c1[c-]c3c(cccc3c3cccc2n3)cc1.c1cc2nc(c1)-c1ccccc1[N-]c1ccccc1[N-]c1ccccc1-c1cccc-2n1. The smallest absolute Gasteiger partial charge is 0.658 e. The average molecular weight is 2400 g/mol. The standard InChI is InChI=1S/C30H16N2.C30H24N2.C28H18N4.C28H24N2.4Pt/c1-7-21-17-22(8-1)27-11-4-12-29(31-27)25-10-2-5-19-13-14-23(18-26(19)25)28-16-15-20-6-3-9-24(21)30(20)32-28;1-29(2)23-9-5-7-21(17-23)22-8-6-10-24(18-22)30(3,4)26-16-14-20-12-11-19-13-15-25(29)31-27(19)28(20)32-26;1-3-11-21-19(9-1)23-15-7-17-27(31-23)28-18-8-16-24(32-28)20-10-2-4-12-22(20)30-26-14-6-5-13-25(26)29-21;1-27(2)21-11-5-9-19(17-21)20-10-6-12-22(18-20)28(3,4)26-16-8-14-24(30-26)23-13-7-15-25(27)29-23;;;;/h1-16H;5-16H,1-4H3;1-18H;5-16H,1-4H3;;;;/q4*-2;4*+2. The summed E-state index contributed by atoms with van der Waals surface area (Å²) < 4.78 is 0. The molecule has 0 N–H and O–H groups in total. The van der Waals surface area contributed by atoms with Gasteiger partial charge in [-0.05, 0) is 83.2 Å². The van der Waals surface area contributed by atoms with Gasteiger partial charge in [0.1, 0.15) is 0 Å². The molecule has 0 saturated heterocycles. The minimum absolute atomic E-state index is 0. The predicted octanol–water partition coefficient (Wildman–Crippen LogP) is 29.4. The van der Waals surface area contributed by atoms with Gasteiger partial charge in [-0.15, -0.1) is 111 Å². The van der Waals surface area contributed by atoms with Gasteiger partial charge in [0.15, 0.2) is 0 Å². The number of aromatic nitrogens is 8. The van der Waals surface area contributed by atoms with E-state index in [2.05, 4.69) is 328 Å². The molecule has 21 aromatic rings. The largest absolute Gasteiger partial charge is 2.00 e. The second-order valence-corrected chi connectivity index (χ2v) is 34.5. The molecular formula is C116H82N10Pt4. The summed E-state index contributed by atoms with van der Waals surface area (Å²) in [6.45, 7) is 17.7. The first-order valence-corrected chi connectivity index (χ1v) is 42.7. The third-order valence-corrected chi connectivity index (χ3v) is 24.9. The fourth-order valence-electron chi connectivity index (χ4n) is 17.4. The quantitative estimate of drug-likeness (QED) is 0.108. The van der Waals surface area contributed by atoms with Crippen molar-refractivity contribution in [3.63, 3.8) is 0 Å². The first-order valence-electron chi connectivity index (χ1n) is 42.7. The van der Waals surface area contributed by atoms with E-state index in [4.69, 9.17) is 50.5 Å². The molecule has 130 heavy (non-hydrogen) atoms. The molecule has 12 heterocycles. The second kappa shape index (κ2) is 36.6. The van der Waals surface area contributed by atoms with Crippen molar-refractivity contribution in [2.24, 2.45) is 0 Å². The van der Waals surface area contributed by atoms with Crippen LogP contribution >= 0.6 is 0 Å². The van der Waals surface area contributed by atoms with Crippen LogP contribution in [0.2, 0.25) is 0 Å². The van der Waals surface area contributed by atoms with Gasteiger partial charge in [-0.3, -0.25) is 19.9 Å². The van der Waals surface area contributed by atoms with Gasteiger partial charge in [-0.1, -0.05) is 264 Å². The molecule has 3 aliphatic heterocycles. The van der Waals surface area contributed by atoms with E-state index in [0.29, 0.717) is 0 Å². The monoisotopic (exact) mass is 2390 g/mol. The Labute approximate surface area is 814 Å². The van der Waals surface area contributed by atoms with Crippen molar-refractivity contribution in [3.8, 4) is 67.5 Å². The Morgan fingerprint density at radius 2 is 0.554 bits per heavy atom. The van der Waals surface area contributed by atoms with Gasteiger partial charge in [0.05, 0.1) is 45.2 Å². The number of hydrogen-bond donors (Lipinski definition) is 0. The zero-order chi connectivity index (χ0) is 85.4. The fraction of sp³-hybridized carbons (Fsp3) is 0.103. The maximum atomic E-state index is 5.19. The van der Waals surface area contributed by atoms with Gasteiger partial charge in [0, 0.05) is 77.3 Å². The molecule has 3 aliphatic rings. The summed E-state index contributed by atoms with van der Waals surface area (Å²) in [5.41, 5.74) is 27.6. The predicted molar refractivity (Wildman–Crippen MR) is 516 cm³/mol. The normalized spacial score (nSPS) is 13.4. The number of rotatable bonds is 0. The van der Waals surface area contributed by atoms with Crippen LogP contribution in [0.25, 0.3) is 165 Å². The van der Waals surface area contributed by atoms with E-state index < -0.39 is 0 Å². The molecule has 0 saturated carbocycles. The van der Waals surface area contributed by atoms with Crippen molar-refractivity contribution in [2.45, 2.75) is 77.0 Å². The van der Waals surface area contributed by atoms with Crippen LogP contribution in [0, 0.1) is 36.4 Å². The van der Waals surface area contributed by atoms with E-state index in [-0.39, 0.29) is 106 Å². The van der Waals surface area contributed by atoms with Crippen molar-refractivity contribution in [1.29, 1.82) is 0 Å². The molecule has 0 amide bonds. The van der Waals surface area contributed by atoms with Crippen molar-refractivity contribution in [3.05, 3.63) is 444 Å². The van der Waals surface area contributed by atoms with Crippen molar-refractivity contribution in [1.82, 2.24) is 39.9 Å². The van der Waals surface area contributed by atoms with Gasteiger partial charge in [-0.2, -0.15) is 84.2 Å². The molecule has 636 valence electrons. The Hall–Kier alpha value is -12.8. The maximum absolute atomic E-state index is 5.19. The van der Waals surface area contributed by atoms with Crippen molar-refractivity contribution >= 4 is 110 Å². The van der Waals surface area contributed by atoms with Gasteiger partial charge in [0.2, 0.25) is 0 Å². The van der Waals surface area contributed by atoms with E-state index in [1.807, 2.05) is 115 Å². The molecule has 0 fully saturated rings. The number of pyridine rings is 8.